The number of hydrogen-bond acceptors (Lipinski definition) is 12. The van der Waals surface area contributed by atoms with Crippen molar-refractivity contribution < 1.29 is 28.9 Å². The van der Waals surface area contributed by atoms with E-state index in [4.69, 9.17) is 9.57 Å². The lowest BCUT2D eigenvalue weighted by Crippen LogP contribution is -2.32. The number of ether oxygens (including phenoxy) is 1. The van der Waals surface area contributed by atoms with Gasteiger partial charge >= 0.3 is 5.97 Å². The third-order valence-corrected chi connectivity index (χ3v) is 6.73. The highest BCUT2D eigenvalue weighted by molar-refractivity contribution is 6.01. The molecule has 0 unspecified atom stereocenters. The Morgan fingerprint density at radius 2 is 1.59 bits per heavy atom. The van der Waals surface area contributed by atoms with Crippen molar-refractivity contribution in [2.24, 2.45) is 20.5 Å². The zero-order chi connectivity index (χ0) is 31.8. The number of nitro benzene ring substituents is 1. The summed E-state index contributed by atoms with van der Waals surface area (Å²) in [6.45, 7) is 4.11. The number of rotatable bonds is 12. The quantitative estimate of drug-likeness (QED) is 0.0936. The van der Waals surface area contributed by atoms with Crippen molar-refractivity contribution in [3.05, 3.63) is 75.8 Å². The first-order chi connectivity index (χ1) is 21.0. The molecule has 14 heteroatoms. The third kappa shape index (κ3) is 7.85. The minimum Gasteiger partial charge on any atom is -0.494 e. The van der Waals surface area contributed by atoms with Gasteiger partial charge in [-0.05, 0) is 67.8 Å². The van der Waals surface area contributed by atoms with Crippen molar-refractivity contribution in [2.45, 2.75) is 39.5 Å². The molecule has 1 aliphatic heterocycles. The van der Waals surface area contributed by atoms with Gasteiger partial charge in [0, 0.05) is 50.7 Å². The maximum absolute atomic E-state index is 12.0. The van der Waals surface area contributed by atoms with Gasteiger partial charge in [0.05, 0.1) is 23.4 Å². The number of imide groups is 1. The largest absolute Gasteiger partial charge is 0.494 e. The third-order valence-electron chi connectivity index (χ3n) is 6.73. The number of azo groups is 2. The van der Waals surface area contributed by atoms with Crippen LogP contribution in [0.2, 0.25) is 0 Å². The van der Waals surface area contributed by atoms with Gasteiger partial charge in [0.1, 0.15) is 11.4 Å². The van der Waals surface area contributed by atoms with Gasteiger partial charge in [0.25, 0.3) is 17.5 Å². The van der Waals surface area contributed by atoms with Gasteiger partial charge < -0.3 is 14.5 Å². The number of hydroxylamine groups is 2. The topological polar surface area (TPSA) is 169 Å². The van der Waals surface area contributed by atoms with E-state index < -0.39 is 22.7 Å². The zero-order valence-corrected chi connectivity index (χ0v) is 24.7. The number of carbonyl (C=O) groups excluding carboxylic acids is 3. The number of amides is 2. The van der Waals surface area contributed by atoms with E-state index in [1.54, 1.807) is 43.3 Å². The van der Waals surface area contributed by atoms with Crippen LogP contribution in [-0.4, -0.2) is 48.5 Å². The van der Waals surface area contributed by atoms with Crippen LogP contribution in [0.15, 0.2) is 75.1 Å². The lowest BCUT2D eigenvalue weighted by Gasteiger charge is -2.19. The van der Waals surface area contributed by atoms with Gasteiger partial charge in [0.15, 0.2) is 5.69 Å². The molecule has 14 nitrogen and oxygen atoms in total. The molecule has 0 atom stereocenters. The fraction of sp³-hybridized carbons (Fsp3) is 0.300. The Morgan fingerprint density at radius 3 is 2.25 bits per heavy atom. The molecule has 1 heterocycles. The molecule has 0 aliphatic carbocycles. The highest BCUT2D eigenvalue weighted by atomic mass is 16.7. The molecule has 1 aliphatic rings. The van der Waals surface area contributed by atoms with Crippen molar-refractivity contribution >= 4 is 51.9 Å². The summed E-state index contributed by atoms with van der Waals surface area (Å²) >= 11 is 0. The Labute approximate surface area is 253 Å². The molecular formula is C30H31N7O7. The van der Waals surface area contributed by atoms with Crippen molar-refractivity contribution in [1.29, 1.82) is 0 Å². The van der Waals surface area contributed by atoms with Gasteiger partial charge in [-0.25, -0.2) is 4.79 Å². The van der Waals surface area contributed by atoms with Gasteiger partial charge in [-0.1, -0.05) is 6.07 Å². The molecule has 228 valence electrons. The van der Waals surface area contributed by atoms with Gasteiger partial charge in [0.2, 0.25) is 0 Å². The minimum atomic E-state index is -0.630. The lowest BCUT2D eigenvalue weighted by molar-refractivity contribution is -0.384. The van der Waals surface area contributed by atoms with E-state index in [-0.39, 0.29) is 30.6 Å². The van der Waals surface area contributed by atoms with Crippen molar-refractivity contribution in [2.75, 3.05) is 25.6 Å². The first-order valence-corrected chi connectivity index (χ1v) is 13.7. The van der Waals surface area contributed by atoms with Crippen LogP contribution in [0.5, 0.6) is 5.75 Å². The van der Waals surface area contributed by atoms with Crippen LogP contribution >= 0.6 is 0 Å². The molecule has 44 heavy (non-hydrogen) atoms. The van der Waals surface area contributed by atoms with Gasteiger partial charge in [-0.15, -0.1) is 20.4 Å². The summed E-state index contributed by atoms with van der Waals surface area (Å²) < 4.78 is 5.47. The van der Waals surface area contributed by atoms with Crippen LogP contribution in [0.1, 0.15) is 36.8 Å². The number of nitro groups is 1. The van der Waals surface area contributed by atoms with Crippen LogP contribution in [0, 0.1) is 24.0 Å². The van der Waals surface area contributed by atoms with Crippen LogP contribution < -0.4 is 9.64 Å². The van der Waals surface area contributed by atoms with E-state index >= 15 is 0 Å². The summed E-state index contributed by atoms with van der Waals surface area (Å²) in [7, 11) is 3.37. The minimum absolute atomic E-state index is 0.0565. The summed E-state index contributed by atoms with van der Waals surface area (Å²) in [5, 5.41) is 28.9. The van der Waals surface area contributed by atoms with E-state index in [9.17, 15) is 24.5 Å². The van der Waals surface area contributed by atoms with Crippen molar-refractivity contribution in [3.63, 3.8) is 0 Å². The molecule has 0 bridgehead atoms. The second kappa shape index (κ2) is 14.1. The smallest absolute Gasteiger partial charge is 0.333 e. The Balaban J connectivity index is 1.36. The van der Waals surface area contributed by atoms with Crippen molar-refractivity contribution in [1.82, 2.24) is 5.06 Å². The predicted octanol–water partition coefficient (Wildman–Crippen LogP) is 6.87. The highest BCUT2D eigenvalue weighted by Gasteiger charge is 2.32. The molecule has 0 saturated carbocycles. The molecule has 0 N–H and O–H groups in total. The Morgan fingerprint density at radius 1 is 0.932 bits per heavy atom. The zero-order valence-electron chi connectivity index (χ0n) is 24.7. The SMILES string of the molecule is COc1cc(N=Nc2ccc(C)cc2[N+](=O)[O-])c(C)cc1N=Nc1ccc(N(C)CCCC(=O)ON2C(=O)CCC2=O)cc1. The number of methoxy groups -OCH3 is 1. The second-order valence-corrected chi connectivity index (χ2v) is 10.0. The normalized spacial score (nSPS) is 13.2. The van der Waals surface area contributed by atoms with Crippen molar-refractivity contribution in [3.8, 4) is 5.75 Å². The van der Waals surface area contributed by atoms with Crippen LogP contribution in [-0.2, 0) is 19.2 Å². The highest BCUT2D eigenvalue weighted by Crippen LogP contribution is 2.37. The summed E-state index contributed by atoms with van der Waals surface area (Å²) in [5.74, 6) is -1.23. The number of hydrogen-bond donors (Lipinski definition) is 0. The first kappa shape index (κ1) is 31.4. The van der Waals surface area contributed by atoms with Crippen LogP contribution in [0.4, 0.5) is 34.1 Å². The molecule has 2 amide bonds. The van der Waals surface area contributed by atoms with Crippen LogP contribution in [0.3, 0.4) is 0 Å². The maximum atomic E-state index is 12.0. The lowest BCUT2D eigenvalue weighted by atomic mass is 10.1. The van der Waals surface area contributed by atoms with E-state index in [0.29, 0.717) is 40.8 Å². The summed E-state index contributed by atoms with van der Waals surface area (Å²) in [4.78, 5) is 52.9. The number of anilines is 1. The number of benzene rings is 3. The van der Waals surface area contributed by atoms with Gasteiger partial charge in [-0.2, -0.15) is 5.11 Å². The molecule has 1 fully saturated rings. The van der Waals surface area contributed by atoms with E-state index in [0.717, 1.165) is 16.8 Å². The molecule has 0 aromatic heterocycles. The summed E-state index contributed by atoms with van der Waals surface area (Å²) in [6.07, 6.45) is 0.633. The van der Waals surface area contributed by atoms with E-state index in [1.807, 2.05) is 31.0 Å². The molecule has 0 spiro atoms. The Hall–Kier alpha value is -5.53. The first-order valence-electron chi connectivity index (χ1n) is 13.7. The number of aryl methyl sites for hydroxylation is 2. The second-order valence-electron chi connectivity index (χ2n) is 10.0. The molecule has 3 aromatic carbocycles. The average Bonchev–Trinajstić information content (AvgIpc) is 3.32. The monoisotopic (exact) mass is 601 g/mol. The molecule has 1 saturated heterocycles. The molecule has 4 rings (SSSR count). The fourth-order valence-corrected chi connectivity index (χ4v) is 4.26. The van der Waals surface area contributed by atoms with E-state index in [2.05, 4.69) is 20.5 Å². The maximum Gasteiger partial charge on any atom is 0.333 e. The number of carbonyl (C=O) groups is 3. The standard InChI is InChI=1S/C30H31N7O7/c1-19-7-12-23(26(16-19)37(41)42)32-33-24-18-27(43-4)25(17-20(24)2)34-31-21-8-10-22(11-9-21)35(3)15-5-6-30(40)44-36-28(38)13-14-29(36)39/h7-12,16-18H,5-6,13-15H2,1-4H3. The van der Waals surface area contributed by atoms with E-state index in [1.165, 1.54) is 13.2 Å². The molecule has 0 radical (unpaired) electrons. The number of nitrogens with zero attached hydrogens (tertiary/aromatic N) is 7. The molecule has 3 aromatic rings. The Kier molecular flexibility index (Phi) is 10.1. The van der Waals surface area contributed by atoms with Gasteiger partial charge in [-0.3, -0.25) is 19.7 Å². The summed E-state index contributed by atoms with van der Waals surface area (Å²) in [6, 6.07) is 15.4. The molecular weight excluding hydrogens is 570 g/mol. The fourth-order valence-electron chi connectivity index (χ4n) is 4.26. The predicted molar refractivity (Wildman–Crippen MR) is 160 cm³/mol. The Bertz CT molecular complexity index is 1620. The van der Waals surface area contributed by atoms with Crippen LogP contribution in [0.25, 0.3) is 0 Å². The average molecular weight is 602 g/mol. The summed E-state index contributed by atoms with van der Waals surface area (Å²) in [5.41, 5.74) is 3.91.